The predicted molar refractivity (Wildman–Crippen MR) is 68.0 cm³/mol. The molecule has 0 radical (unpaired) electrons. The van der Waals surface area contributed by atoms with E-state index in [2.05, 4.69) is 13.8 Å². The third-order valence-electron chi connectivity index (χ3n) is 4.01. The molecular weight excluding hydrogens is 232 g/mol. The van der Waals surface area contributed by atoms with Crippen molar-refractivity contribution in [2.45, 2.75) is 51.9 Å². The highest BCUT2D eigenvalue weighted by atomic mass is 16.9. The summed E-state index contributed by atoms with van der Waals surface area (Å²) in [5, 5.41) is 8.73. The maximum absolute atomic E-state index is 8.73. The maximum atomic E-state index is 8.73. The van der Waals surface area contributed by atoms with E-state index in [1.165, 1.54) is 0 Å². The molecule has 1 atom stereocenters. The fraction of sp³-hybridized carbons (Fsp3) is 1.00. The van der Waals surface area contributed by atoms with Crippen LogP contribution in [0.25, 0.3) is 0 Å². The van der Waals surface area contributed by atoms with Crippen molar-refractivity contribution in [3.05, 3.63) is 0 Å². The number of aliphatic hydroxyl groups excluding tert-OH is 1. The summed E-state index contributed by atoms with van der Waals surface area (Å²) in [6.07, 6.45) is 5.33. The van der Waals surface area contributed by atoms with Gasteiger partial charge in [-0.15, -0.1) is 0 Å². The molecule has 3 aliphatic heterocycles. The number of ether oxygens (including phenoxy) is 3. The zero-order valence-electron chi connectivity index (χ0n) is 11.6. The van der Waals surface area contributed by atoms with Gasteiger partial charge in [0, 0.05) is 17.9 Å². The summed E-state index contributed by atoms with van der Waals surface area (Å²) in [4.78, 5) is 0. The SMILES string of the molecule is CC(CCCCCCO)C12OCC(C)(CO1)CO2. The summed E-state index contributed by atoms with van der Waals surface area (Å²) >= 11 is 0. The van der Waals surface area contributed by atoms with Crippen LogP contribution < -0.4 is 0 Å². The van der Waals surface area contributed by atoms with Gasteiger partial charge in [-0.05, 0) is 12.8 Å². The molecule has 4 heteroatoms. The smallest absolute Gasteiger partial charge is 0.285 e. The second kappa shape index (κ2) is 5.87. The van der Waals surface area contributed by atoms with Crippen LogP contribution in [0, 0.1) is 11.3 Å². The van der Waals surface area contributed by atoms with Gasteiger partial charge in [-0.3, -0.25) is 0 Å². The molecule has 3 rings (SSSR count). The van der Waals surface area contributed by atoms with Gasteiger partial charge < -0.3 is 19.3 Å². The third-order valence-corrected chi connectivity index (χ3v) is 4.01. The molecule has 3 fully saturated rings. The highest BCUT2D eigenvalue weighted by Crippen LogP contribution is 2.43. The molecule has 0 aromatic carbocycles. The molecule has 106 valence electrons. The number of hydrogen-bond acceptors (Lipinski definition) is 4. The van der Waals surface area contributed by atoms with Crippen LogP contribution in [0.2, 0.25) is 0 Å². The first-order valence-corrected chi connectivity index (χ1v) is 7.13. The first-order chi connectivity index (χ1) is 8.60. The highest BCUT2D eigenvalue weighted by Gasteiger charge is 2.53. The molecule has 2 bridgehead atoms. The number of hydrogen-bond donors (Lipinski definition) is 1. The highest BCUT2D eigenvalue weighted by molar-refractivity contribution is 4.86. The van der Waals surface area contributed by atoms with Crippen molar-refractivity contribution in [3.63, 3.8) is 0 Å². The standard InChI is InChI=1S/C14H26O4/c1-12(7-5-3-4-6-8-15)14-16-9-13(2,10-17-14)11-18-14/h12,15H,3-11H2,1-2H3. The Hall–Kier alpha value is -0.160. The summed E-state index contributed by atoms with van der Waals surface area (Å²) in [6.45, 7) is 6.79. The van der Waals surface area contributed by atoms with Crippen LogP contribution in [0.5, 0.6) is 0 Å². The van der Waals surface area contributed by atoms with E-state index in [1.807, 2.05) is 0 Å². The van der Waals surface area contributed by atoms with E-state index in [0.29, 0.717) is 6.61 Å². The van der Waals surface area contributed by atoms with Crippen molar-refractivity contribution >= 4 is 0 Å². The van der Waals surface area contributed by atoms with Gasteiger partial charge in [0.05, 0.1) is 19.8 Å². The van der Waals surface area contributed by atoms with Crippen LogP contribution in [0.4, 0.5) is 0 Å². The van der Waals surface area contributed by atoms with E-state index in [0.717, 1.165) is 51.9 Å². The zero-order chi connectivity index (χ0) is 13.1. The van der Waals surface area contributed by atoms with Crippen LogP contribution in [-0.2, 0) is 14.2 Å². The van der Waals surface area contributed by atoms with E-state index >= 15 is 0 Å². The number of unbranched alkanes of at least 4 members (excludes halogenated alkanes) is 3. The van der Waals surface area contributed by atoms with Crippen LogP contribution in [-0.4, -0.2) is 37.5 Å². The molecule has 18 heavy (non-hydrogen) atoms. The summed E-state index contributed by atoms with van der Waals surface area (Å²) in [5.74, 6) is -0.522. The maximum Gasteiger partial charge on any atom is 0.285 e. The molecule has 0 amide bonds. The predicted octanol–water partition coefficient (Wildman–Crippen LogP) is 2.30. The average molecular weight is 258 g/mol. The number of fused-ring (bicyclic) bond motifs is 3. The van der Waals surface area contributed by atoms with Gasteiger partial charge in [0.1, 0.15) is 0 Å². The lowest BCUT2D eigenvalue weighted by atomic mass is 9.89. The van der Waals surface area contributed by atoms with Crippen molar-refractivity contribution in [1.29, 1.82) is 0 Å². The summed E-state index contributed by atoms with van der Waals surface area (Å²) in [5.41, 5.74) is 0.0442. The lowest BCUT2D eigenvalue weighted by molar-refractivity contribution is -0.482. The van der Waals surface area contributed by atoms with Gasteiger partial charge in [0.2, 0.25) is 0 Å². The molecular formula is C14H26O4. The third kappa shape index (κ3) is 3.05. The lowest BCUT2D eigenvalue weighted by Crippen LogP contribution is -2.61. The Morgan fingerprint density at radius 2 is 1.56 bits per heavy atom. The van der Waals surface area contributed by atoms with Gasteiger partial charge in [0.15, 0.2) is 0 Å². The normalized spacial score (nSPS) is 36.8. The minimum absolute atomic E-state index is 0.0442. The topological polar surface area (TPSA) is 47.9 Å². The molecule has 0 spiro atoms. The lowest BCUT2D eigenvalue weighted by Gasteiger charge is -2.52. The van der Waals surface area contributed by atoms with Crippen LogP contribution >= 0.6 is 0 Å². The van der Waals surface area contributed by atoms with Crippen LogP contribution in [0.3, 0.4) is 0 Å². The minimum Gasteiger partial charge on any atom is -0.396 e. The average Bonchev–Trinajstić information content (AvgIpc) is 2.39. The van der Waals surface area contributed by atoms with Crippen LogP contribution in [0.1, 0.15) is 46.0 Å². The minimum atomic E-state index is -0.783. The van der Waals surface area contributed by atoms with Crippen molar-refractivity contribution in [1.82, 2.24) is 0 Å². The molecule has 3 heterocycles. The van der Waals surface area contributed by atoms with Gasteiger partial charge in [-0.1, -0.05) is 33.1 Å². The molecule has 0 aromatic heterocycles. The molecule has 1 unspecified atom stereocenters. The number of aliphatic hydroxyl groups is 1. The largest absolute Gasteiger partial charge is 0.396 e. The number of rotatable bonds is 7. The monoisotopic (exact) mass is 258 g/mol. The van der Waals surface area contributed by atoms with Crippen LogP contribution in [0.15, 0.2) is 0 Å². The Labute approximate surface area is 110 Å². The summed E-state index contributed by atoms with van der Waals surface area (Å²) in [6, 6.07) is 0. The van der Waals surface area contributed by atoms with E-state index in [4.69, 9.17) is 19.3 Å². The summed E-state index contributed by atoms with van der Waals surface area (Å²) < 4.78 is 17.5. The molecule has 4 nitrogen and oxygen atoms in total. The molecule has 0 aromatic rings. The Bertz CT molecular complexity index is 242. The molecule has 3 saturated heterocycles. The van der Waals surface area contributed by atoms with Gasteiger partial charge >= 0.3 is 0 Å². The second-order valence-electron chi connectivity index (χ2n) is 6.11. The van der Waals surface area contributed by atoms with Crippen molar-refractivity contribution < 1.29 is 19.3 Å². The molecule has 0 saturated carbocycles. The first-order valence-electron chi connectivity index (χ1n) is 7.13. The Balaban J connectivity index is 1.73. The van der Waals surface area contributed by atoms with E-state index in [9.17, 15) is 0 Å². The quantitative estimate of drug-likeness (QED) is 0.712. The van der Waals surface area contributed by atoms with E-state index in [-0.39, 0.29) is 11.3 Å². The Morgan fingerprint density at radius 3 is 2.11 bits per heavy atom. The van der Waals surface area contributed by atoms with Gasteiger partial charge in [-0.2, -0.15) is 0 Å². The molecule has 0 aliphatic carbocycles. The fourth-order valence-corrected chi connectivity index (χ4v) is 2.59. The van der Waals surface area contributed by atoms with Gasteiger partial charge in [0.25, 0.3) is 5.97 Å². The van der Waals surface area contributed by atoms with Gasteiger partial charge in [-0.25, -0.2) is 0 Å². The van der Waals surface area contributed by atoms with Crippen molar-refractivity contribution in [2.24, 2.45) is 11.3 Å². The van der Waals surface area contributed by atoms with Crippen molar-refractivity contribution in [3.8, 4) is 0 Å². The fourth-order valence-electron chi connectivity index (χ4n) is 2.59. The molecule has 1 N–H and O–H groups in total. The zero-order valence-corrected chi connectivity index (χ0v) is 11.6. The summed E-state index contributed by atoms with van der Waals surface area (Å²) in [7, 11) is 0. The van der Waals surface area contributed by atoms with Crippen molar-refractivity contribution in [2.75, 3.05) is 26.4 Å². The first kappa shape index (κ1) is 14.3. The van der Waals surface area contributed by atoms with E-state index < -0.39 is 5.97 Å². The molecule has 3 aliphatic rings. The second-order valence-corrected chi connectivity index (χ2v) is 6.11. The Kier molecular flexibility index (Phi) is 4.64. The Morgan fingerprint density at radius 1 is 1.00 bits per heavy atom. The van der Waals surface area contributed by atoms with E-state index in [1.54, 1.807) is 0 Å².